The number of hydrazine groups is 1. The number of hydrogen-bond donors (Lipinski definition) is 2. The summed E-state index contributed by atoms with van der Waals surface area (Å²) >= 11 is 7.92. The Morgan fingerprint density at radius 2 is 1.89 bits per heavy atom. The maximum Gasteiger partial charge on any atom is 0.142 e. The highest BCUT2D eigenvalue weighted by Gasteiger charge is 2.11. The van der Waals surface area contributed by atoms with Crippen LogP contribution in [-0.4, -0.2) is 0 Å². The molecule has 2 nitrogen and oxygen atoms in total. The van der Waals surface area contributed by atoms with E-state index in [2.05, 4.69) is 28.0 Å². The van der Waals surface area contributed by atoms with Crippen LogP contribution in [0, 0.1) is 9.39 Å². The summed E-state index contributed by atoms with van der Waals surface area (Å²) in [4.78, 5) is 0. The van der Waals surface area contributed by atoms with E-state index in [1.54, 1.807) is 6.07 Å². The van der Waals surface area contributed by atoms with Gasteiger partial charge in [0.25, 0.3) is 0 Å². The first-order valence-corrected chi connectivity index (χ1v) is 7.21. The Hall–Kier alpha value is -0.690. The highest BCUT2D eigenvalue weighted by molar-refractivity contribution is 14.1. The molecule has 0 radical (unpaired) electrons. The van der Waals surface area contributed by atoms with E-state index < -0.39 is 5.82 Å². The largest absolute Gasteiger partial charge is 0.271 e. The van der Waals surface area contributed by atoms with Gasteiger partial charge >= 0.3 is 0 Å². The van der Waals surface area contributed by atoms with Gasteiger partial charge < -0.3 is 0 Å². The first-order valence-electron chi connectivity index (χ1n) is 5.75. The number of halogens is 3. The Balaban J connectivity index is 2.18. The van der Waals surface area contributed by atoms with Gasteiger partial charge in [-0.1, -0.05) is 29.8 Å². The van der Waals surface area contributed by atoms with Gasteiger partial charge in [0.15, 0.2) is 0 Å². The molecule has 100 valence electrons. The second kappa shape index (κ2) is 6.65. The van der Waals surface area contributed by atoms with Crippen molar-refractivity contribution >= 4 is 34.2 Å². The van der Waals surface area contributed by atoms with Gasteiger partial charge in [0, 0.05) is 9.61 Å². The molecule has 0 heterocycles. The minimum Gasteiger partial charge on any atom is -0.271 e. The molecule has 3 N–H and O–H groups in total. The third kappa shape index (κ3) is 3.89. The van der Waals surface area contributed by atoms with Crippen LogP contribution in [0.3, 0.4) is 0 Å². The molecule has 0 aromatic heterocycles. The van der Waals surface area contributed by atoms with Crippen molar-refractivity contribution in [3.63, 3.8) is 0 Å². The van der Waals surface area contributed by atoms with Crippen LogP contribution in [0.1, 0.15) is 17.2 Å². The van der Waals surface area contributed by atoms with Crippen LogP contribution in [0.5, 0.6) is 0 Å². The number of rotatable bonds is 4. The van der Waals surface area contributed by atoms with Gasteiger partial charge in [-0.2, -0.15) is 0 Å². The molecule has 2 aromatic rings. The topological polar surface area (TPSA) is 38.0 Å². The number of nitrogens with two attached hydrogens (primary N) is 1. The predicted molar refractivity (Wildman–Crippen MR) is 84.3 cm³/mol. The summed E-state index contributed by atoms with van der Waals surface area (Å²) in [6.07, 6.45) is 0.602. The molecule has 1 unspecified atom stereocenters. The fraction of sp³-hybridized carbons (Fsp3) is 0.143. The second-order valence-corrected chi connectivity index (χ2v) is 5.88. The van der Waals surface area contributed by atoms with Crippen molar-refractivity contribution in [2.24, 2.45) is 5.84 Å². The monoisotopic (exact) mass is 390 g/mol. The maximum absolute atomic E-state index is 13.4. The fourth-order valence-electron chi connectivity index (χ4n) is 1.87. The average molecular weight is 391 g/mol. The summed E-state index contributed by atoms with van der Waals surface area (Å²) in [6.45, 7) is 0. The highest BCUT2D eigenvalue weighted by atomic mass is 127. The standard InChI is InChI=1S/C14H13ClFIN2/c15-12-6-1-9(7-13(12)16)8-14(19-18)10-2-4-11(17)5-3-10/h1-7,14,19H,8,18H2. The van der Waals surface area contributed by atoms with E-state index in [1.807, 2.05) is 30.3 Å². The molecule has 5 heteroatoms. The molecule has 0 amide bonds. The molecule has 0 saturated carbocycles. The molecule has 0 aliphatic carbocycles. The lowest BCUT2D eigenvalue weighted by molar-refractivity contribution is 0.548. The lowest BCUT2D eigenvalue weighted by atomic mass is 9.99. The fourth-order valence-corrected chi connectivity index (χ4v) is 2.35. The Morgan fingerprint density at radius 1 is 1.21 bits per heavy atom. The van der Waals surface area contributed by atoms with Gasteiger partial charge in [0.2, 0.25) is 0 Å². The van der Waals surface area contributed by atoms with Crippen LogP contribution in [0.2, 0.25) is 5.02 Å². The lowest BCUT2D eigenvalue weighted by Gasteiger charge is -2.16. The van der Waals surface area contributed by atoms with Crippen molar-refractivity contribution in [2.75, 3.05) is 0 Å². The van der Waals surface area contributed by atoms with E-state index in [-0.39, 0.29) is 11.1 Å². The van der Waals surface area contributed by atoms with Gasteiger partial charge in [-0.25, -0.2) is 4.39 Å². The summed E-state index contributed by atoms with van der Waals surface area (Å²) in [5.41, 5.74) is 4.68. The van der Waals surface area contributed by atoms with Gasteiger partial charge in [0.1, 0.15) is 5.82 Å². The molecular formula is C14H13ClFIN2. The number of nitrogens with one attached hydrogen (secondary N) is 1. The summed E-state index contributed by atoms with van der Waals surface area (Å²) in [7, 11) is 0. The Bertz CT molecular complexity index is 560. The van der Waals surface area contributed by atoms with E-state index in [0.717, 1.165) is 14.7 Å². The van der Waals surface area contributed by atoms with Crippen molar-refractivity contribution < 1.29 is 4.39 Å². The molecule has 0 aliphatic rings. The van der Waals surface area contributed by atoms with E-state index in [1.165, 1.54) is 6.07 Å². The second-order valence-electron chi connectivity index (χ2n) is 4.22. The molecule has 19 heavy (non-hydrogen) atoms. The molecule has 0 fully saturated rings. The Morgan fingerprint density at radius 3 is 2.47 bits per heavy atom. The average Bonchev–Trinajstić information content (AvgIpc) is 2.41. The summed E-state index contributed by atoms with van der Waals surface area (Å²) in [5, 5.41) is 0.135. The maximum atomic E-state index is 13.4. The third-order valence-corrected chi connectivity index (χ3v) is 3.92. The van der Waals surface area contributed by atoms with Gasteiger partial charge in [-0.15, -0.1) is 0 Å². The number of hydrogen-bond acceptors (Lipinski definition) is 2. The normalized spacial score (nSPS) is 12.4. The van der Waals surface area contributed by atoms with E-state index in [0.29, 0.717) is 6.42 Å². The van der Waals surface area contributed by atoms with Crippen molar-refractivity contribution in [1.29, 1.82) is 0 Å². The van der Waals surface area contributed by atoms with Crippen molar-refractivity contribution in [3.8, 4) is 0 Å². The van der Waals surface area contributed by atoms with E-state index in [4.69, 9.17) is 17.4 Å². The predicted octanol–water partition coefficient (Wildman–Crippen LogP) is 3.83. The Kier molecular flexibility index (Phi) is 5.15. The summed E-state index contributed by atoms with van der Waals surface area (Å²) < 4.78 is 14.6. The van der Waals surface area contributed by atoms with Crippen molar-refractivity contribution in [2.45, 2.75) is 12.5 Å². The SMILES string of the molecule is NNC(Cc1ccc(Cl)c(F)c1)c1ccc(I)cc1. The van der Waals surface area contributed by atoms with Gasteiger partial charge in [-0.3, -0.25) is 11.3 Å². The summed E-state index contributed by atoms with van der Waals surface area (Å²) in [5.74, 6) is 5.18. The van der Waals surface area contributed by atoms with Crippen LogP contribution >= 0.6 is 34.2 Å². The molecule has 1 atom stereocenters. The molecular weight excluding hydrogens is 378 g/mol. The van der Waals surface area contributed by atoms with E-state index >= 15 is 0 Å². The quantitative estimate of drug-likeness (QED) is 0.473. The van der Waals surface area contributed by atoms with Crippen LogP contribution in [0.15, 0.2) is 42.5 Å². The van der Waals surface area contributed by atoms with E-state index in [9.17, 15) is 4.39 Å². The Labute approximate surface area is 130 Å². The third-order valence-electron chi connectivity index (χ3n) is 2.90. The molecule has 0 aliphatic heterocycles. The van der Waals surface area contributed by atoms with Crippen LogP contribution in [0.25, 0.3) is 0 Å². The van der Waals surface area contributed by atoms with Crippen molar-refractivity contribution in [3.05, 3.63) is 68.0 Å². The van der Waals surface area contributed by atoms with Crippen LogP contribution in [0.4, 0.5) is 4.39 Å². The van der Waals surface area contributed by atoms with Gasteiger partial charge in [0.05, 0.1) is 5.02 Å². The highest BCUT2D eigenvalue weighted by Crippen LogP contribution is 2.22. The molecule has 2 rings (SSSR count). The zero-order valence-corrected chi connectivity index (χ0v) is 13.0. The minimum absolute atomic E-state index is 0.0578. The van der Waals surface area contributed by atoms with Crippen LogP contribution < -0.4 is 11.3 Å². The van der Waals surface area contributed by atoms with Gasteiger partial charge in [-0.05, 0) is 64.4 Å². The smallest absolute Gasteiger partial charge is 0.142 e. The summed E-state index contributed by atoms with van der Waals surface area (Å²) in [6, 6.07) is 12.8. The molecule has 0 spiro atoms. The zero-order chi connectivity index (χ0) is 13.8. The molecule has 2 aromatic carbocycles. The zero-order valence-electron chi connectivity index (χ0n) is 10.0. The molecule has 0 bridgehead atoms. The number of benzene rings is 2. The minimum atomic E-state index is -0.405. The lowest BCUT2D eigenvalue weighted by Crippen LogP contribution is -2.29. The first-order chi connectivity index (χ1) is 9.10. The van der Waals surface area contributed by atoms with Crippen LogP contribution in [-0.2, 0) is 6.42 Å². The van der Waals surface area contributed by atoms with Crippen molar-refractivity contribution in [1.82, 2.24) is 5.43 Å². The molecule has 0 saturated heterocycles. The first kappa shape index (κ1) is 14.7.